The lowest BCUT2D eigenvalue weighted by atomic mass is 10.1. The quantitative estimate of drug-likeness (QED) is 0.896. The number of benzene rings is 1. The van der Waals surface area contributed by atoms with Crippen LogP contribution in [0.25, 0.3) is 11.0 Å². The maximum absolute atomic E-state index is 8.92. The normalized spacial score (nSPS) is 20.2. The molecule has 4 heteroatoms. The molecule has 0 aliphatic carbocycles. The van der Waals surface area contributed by atoms with Gasteiger partial charge in [-0.25, -0.2) is 4.98 Å². The van der Waals surface area contributed by atoms with Gasteiger partial charge >= 0.3 is 0 Å². The highest BCUT2D eigenvalue weighted by atomic mass is 15.2. The van der Waals surface area contributed by atoms with Gasteiger partial charge in [0.1, 0.15) is 5.82 Å². The standard InChI is InChI=1S/C15H18N4/c1-10(2)19-6-5-12(9-19)15-17-13-4-3-11(8-16)7-14(13)18-15/h3-4,7,10,12H,5-6,9H2,1-2H3,(H,17,18)/t12-/m0/s1. The van der Waals surface area contributed by atoms with Crippen molar-refractivity contribution in [2.75, 3.05) is 13.1 Å². The Bertz CT molecular complexity index is 635. The SMILES string of the molecule is CC(C)N1CC[C@H](c2nc3ccc(C#N)cc3[nH]2)C1. The van der Waals surface area contributed by atoms with Crippen LogP contribution in [0.1, 0.15) is 37.6 Å². The lowest BCUT2D eigenvalue weighted by Crippen LogP contribution is -2.28. The van der Waals surface area contributed by atoms with E-state index in [4.69, 9.17) is 5.26 Å². The molecule has 98 valence electrons. The molecule has 1 N–H and O–H groups in total. The molecule has 2 heterocycles. The van der Waals surface area contributed by atoms with E-state index in [9.17, 15) is 0 Å². The molecule has 19 heavy (non-hydrogen) atoms. The third-order valence-electron chi connectivity index (χ3n) is 3.97. The molecule has 1 saturated heterocycles. The van der Waals surface area contributed by atoms with E-state index in [-0.39, 0.29) is 0 Å². The molecule has 0 radical (unpaired) electrons. The Morgan fingerprint density at radius 3 is 3.00 bits per heavy atom. The number of nitrogens with zero attached hydrogens (tertiary/aromatic N) is 3. The van der Waals surface area contributed by atoms with Crippen molar-refractivity contribution in [3.63, 3.8) is 0 Å². The van der Waals surface area contributed by atoms with Gasteiger partial charge in [-0.05, 0) is 45.0 Å². The van der Waals surface area contributed by atoms with Crippen molar-refractivity contribution >= 4 is 11.0 Å². The predicted octanol–water partition coefficient (Wildman–Crippen LogP) is 2.63. The van der Waals surface area contributed by atoms with Gasteiger partial charge in [-0.2, -0.15) is 5.26 Å². The van der Waals surface area contributed by atoms with Crippen LogP contribution in [0.2, 0.25) is 0 Å². The molecule has 0 saturated carbocycles. The minimum Gasteiger partial charge on any atom is -0.342 e. The number of hydrogen-bond acceptors (Lipinski definition) is 3. The summed E-state index contributed by atoms with van der Waals surface area (Å²) >= 11 is 0. The number of hydrogen-bond donors (Lipinski definition) is 1. The molecule has 3 rings (SSSR count). The highest BCUT2D eigenvalue weighted by Crippen LogP contribution is 2.28. The molecule has 0 spiro atoms. The van der Waals surface area contributed by atoms with Crippen molar-refractivity contribution in [2.24, 2.45) is 0 Å². The molecule has 4 nitrogen and oxygen atoms in total. The third-order valence-corrected chi connectivity index (χ3v) is 3.97. The zero-order valence-electron chi connectivity index (χ0n) is 11.3. The second-order valence-electron chi connectivity index (χ2n) is 5.54. The number of H-pyrrole nitrogens is 1. The van der Waals surface area contributed by atoms with Crippen LogP contribution in [0.3, 0.4) is 0 Å². The first-order valence-electron chi connectivity index (χ1n) is 6.81. The number of aromatic nitrogens is 2. The van der Waals surface area contributed by atoms with Gasteiger partial charge in [0.05, 0.1) is 22.7 Å². The summed E-state index contributed by atoms with van der Waals surface area (Å²) in [6.45, 7) is 6.69. The first-order chi connectivity index (χ1) is 9.17. The van der Waals surface area contributed by atoms with Crippen LogP contribution in [0, 0.1) is 11.3 Å². The zero-order chi connectivity index (χ0) is 13.4. The van der Waals surface area contributed by atoms with Crippen molar-refractivity contribution in [1.29, 1.82) is 5.26 Å². The van der Waals surface area contributed by atoms with E-state index in [2.05, 4.69) is 34.8 Å². The van der Waals surface area contributed by atoms with Gasteiger partial charge in [-0.1, -0.05) is 0 Å². The van der Waals surface area contributed by atoms with Crippen LogP contribution in [-0.2, 0) is 0 Å². The summed E-state index contributed by atoms with van der Waals surface area (Å²) in [6, 6.07) is 8.38. The fourth-order valence-electron chi connectivity index (χ4n) is 2.77. The number of nitrogens with one attached hydrogen (secondary N) is 1. The van der Waals surface area contributed by atoms with Crippen LogP contribution in [0.5, 0.6) is 0 Å². The summed E-state index contributed by atoms with van der Waals surface area (Å²) in [5, 5.41) is 8.92. The molecule has 0 unspecified atom stereocenters. The first-order valence-corrected chi connectivity index (χ1v) is 6.81. The van der Waals surface area contributed by atoms with E-state index in [1.807, 2.05) is 18.2 Å². The van der Waals surface area contributed by atoms with Crippen molar-refractivity contribution in [2.45, 2.75) is 32.2 Å². The molecule has 1 aromatic heterocycles. The predicted molar refractivity (Wildman–Crippen MR) is 74.9 cm³/mol. The Morgan fingerprint density at radius 1 is 1.47 bits per heavy atom. The Hall–Kier alpha value is -1.86. The highest BCUT2D eigenvalue weighted by molar-refractivity contribution is 5.76. The van der Waals surface area contributed by atoms with Gasteiger partial charge in [-0.3, -0.25) is 0 Å². The Kier molecular flexibility index (Phi) is 3.00. The molecule has 1 atom stereocenters. The van der Waals surface area contributed by atoms with Crippen LogP contribution in [-0.4, -0.2) is 34.0 Å². The molecule has 0 amide bonds. The van der Waals surface area contributed by atoms with Crippen LogP contribution in [0.4, 0.5) is 0 Å². The third kappa shape index (κ3) is 2.22. The number of aromatic amines is 1. The van der Waals surface area contributed by atoms with E-state index < -0.39 is 0 Å². The summed E-state index contributed by atoms with van der Waals surface area (Å²) in [6.07, 6.45) is 1.16. The molecule has 1 aromatic carbocycles. The topological polar surface area (TPSA) is 55.7 Å². The average Bonchev–Trinajstić information content (AvgIpc) is 3.04. The maximum atomic E-state index is 8.92. The summed E-state index contributed by atoms with van der Waals surface area (Å²) in [7, 11) is 0. The first kappa shape index (κ1) is 12.2. The summed E-state index contributed by atoms with van der Waals surface area (Å²) in [4.78, 5) is 10.5. The number of imidazole rings is 1. The Morgan fingerprint density at radius 2 is 2.32 bits per heavy atom. The second kappa shape index (κ2) is 4.67. The molecule has 1 aliphatic heterocycles. The number of nitriles is 1. The molecule has 0 bridgehead atoms. The lowest BCUT2D eigenvalue weighted by Gasteiger charge is -2.19. The molecular formula is C15H18N4. The van der Waals surface area contributed by atoms with Gasteiger partial charge in [-0.15, -0.1) is 0 Å². The average molecular weight is 254 g/mol. The molecular weight excluding hydrogens is 236 g/mol. The van der Waals surface area contributed by atoms with E-state index in [1.54, 1.807) is 0 Å². The van der Waals surface area contributed by atoms with Crippen LogP contribution < -0.4 is 0 Å². The fourth-order valence-corrected chi connectivity index (χ4v) is 2.77. The highest BCUT2D eigenvalue weighted by Gasteiger charge is 2.27. The van der Waals surface area contributed by atoms with Gasteiger partial charge in [0.15, 0.2) is 0 Å². The molecule has 1 aliphatic rings. The van der Waals surface area contributed by atoms with Crippen molar-refractivity contribution in [3.05, 3.63) is 29.6 Å². The van der Waals surface area contributed by atoms with Crippen molar-refractivity contribution in [1.82, 2.24) is 14.9 Å². The summed E-state index contributed by atoms with van der Waals surface area (Å²) in [5.74, 6) is 1.55. The second-order valence-corrected chi connectivity index (χ2v) is 5.54. The van der Waals surface area contributed by atoms with Crippen molar-refractivity contribution < 1.29 is 0 Å². The number of rotatable bonds is 2. The van der Waals surface area contributed by atoms with Gasteiger partial charge in [0.25, 0.3) is 0 Å². The number of likely N-dealkylation sites (tertiary alicyclic amines) is 1. The largest absolute Gasteiger partial charge is 0.342 e. The minimum atomic E-state index is 0.486. The summed E-state index contributed by atoms with van der Waals surface area (Å²) in [5.41, 5.74) is 2.60. The minimum absolute atomic E-state index is 0.486. The fraction of sp³-hybridized carbons (Fsp3) is 0.467. The number of fused-ring (bicyclic) bond motifs is 1. The van der Waals surface area contributed by atoms with E-state index >= 15 is 0 Å². The van der Waals surface area contributed by atoms with E-state index in [1.165, 1.54) is 0 Å². The van der Waals surface area contributed by atoms with Gasteiger partial charge in [0.2, 0.25) is 0 Å². The van der Waals surface area contributed by atoms with Gasteiger partial charge < -0.3 is 9.88 Å². The lowest BCUT2D eigenvalue weighted by molar-refractivity contribution is 0.272. The van der Waals surface area contributed by atoms with Crippen LogP contribution >= 0.6 is 0 Å². The molecule has 1 fully saturated rings. The zero-order valence-corrected chi connectivity index (χ0v) is 11.3. The Labute approximate surface area is 113 Å². The van der Waals surface area contributed by atoms with Crippen molar-refractivity contribution in [3.8, 4) is 6.07 Å². The van der Waals surface area contributed by atoms with E-state index in [0.29, 0.717) is 17.5 Å². The smallest absolute Gasteiger partial charge is 0.111 e. The Balaban J connectivity index is 1.88. The van der Waals surface area contributed by atoms with E-state index in [0.717, 1.165) is 36.4 Å². The van der Waals surface area contributed by atoms with Crippen LogP contribution in [0.15, 0.2) is 18.2 Å². The van der Waals surface area contributed by atoms with Gasteiger partial charge in [0, 0.05) is 18.5 Å². The maximum Gasteiger partial charge on any atom is 0.111 e. The molecule has 2 aromatic rings. The monoisotopic (exact) mass is 254 g/mol. The summed E-state index contributed by atoms with van der Waals surface area (Å²) < 4.78 is 0.